The van der Waals surface area contributed by atoms with Crippen LogP contribution in [0.15, 0.2) is 36.4 Å². The van der Waals surface area contributed by atoms with Crippen LogP contribution in [0.5, 0.6) is 0 Å². The van der Waals surface area contributed by atoms with Crippen LogP contribution in [-0.4, -0.2) is 47.1 Å². The highest BCUT2D eigenvalue weighted by Gasteiger charge is 2.33. The molecule has 0 radical (unpaired) electrons. The maximum absolute atomic E-state index is 13.4. The van der Waals surface area contributed by atoms with E-state index < -0.39 is 0 Å². The predicted octanol–water partition coefficient (Wildman–Crippen LogP) is 5.44. The number of hydrogen-bond donors (Lipinski definition) is 1. The third-order valence-electron chi connectivity index (χ3n) is 7.29. The minimum atomic E-state index is 0.120. The number of carbonyl (C=O) groups is 1. The van der Waals surface area contributed by atoms with E-state index in [9.17, 15) is 4.79 Å². The van der Waals surface area contributed by atoms with Crippen molar-refractivity contribution in [1.29, 1.82) is 0 Å². The van der Waals surface area contributed by atoms with Crippen molar-refractivity contribution in [3.63, 3.8) is 0 Å². The predicted molar refractivity (Wildman–Crippen MR) is 131 cm³/mol. The molecule has 0 saturated carbocycles. The van der Waals surface area contributed by atoms with E-state index in [4.69, 9.17) is 9.72 Å². The van der Waals surface area contributed by atoms with Gasteiger partial charge < -0.3 is 14.6 Å². The van der Waals surface area contributed by atoms with Gasteiger partial charge in [-0.2, -0.15) is 0 Å². The summed E-state index contributed by atoms with van der Waals surface area (Å²) in [6.07, 6.45) is 2.00. The maximum atomic E-state index is 13.4. The fourth-order valence-corrected chi connectivity index (χ4v) is 5.11. The van der Waals surface area contributed by atoms with Gasteiger partial charge in [-0.3, -0.25) is 4.79 Å². The van der Waals surface area contributed by atoms with Crippen molar-refractivity contribution in [3.05, 3.63) is 75.7 Å². The molecule has 5 nitrogen and oxygen atoms in total. The Morgan fingerprint density at radius 2 is 1.67 bits per heavy atom. The molecule has 2 aliphatic rings. The fourth-order valence-electron chi connectivity index (χ4n) is 5.11. The van der Waals surface area contributed by atoms with E-state index in [0.717, 1.165) is 78.6 Å². The minimum absolute atomic E-state index is 0.120. The second-order valence-electron chi connectivity index (χ2n) is 9.78. The summed E-state index contributed by atoms with van der Waals surface area (Å²) < 4.78 is 5.51. The zero-order valence-corrected chi connectivity index (χ0v) is 20.1. The molecule has 3 heterocycles. The van der Waals surface area contributed by atoms with Crippen molar-refractivity contribution in [2.45, 2.75) is 52.4 Å². The number of likely N-dealkylation sites (tertiary alicyclic amines) is 1. The molecule has 1 aromatic heterocycles. The number of nitrogens with one attached hydrogen (secondary N) is 1. The monoisotopic (exact) mass is 443 g/mol. The van der Waals surface area contributed by atoms with Gasteiger partial charge >= 0.3 is 0 Å². The lowest BCUT2D eigenvalue weighted by molar-refractivity contribution is 0.0601. The van der Waals surface area contributed by atoms with Crippen LogP contribution in [-0.2, 0) is 4.74 Å². The van der Waals surface area contributed by atoms with Crippen LogP contribution in [0.25, 0.3) is 11.3 Å². The lowest BCUT2D eigenvalue weighted by Crippen LogP contribution is -2.48. The summed E-state index contributed by atoms with van der Waals surface area (Å²) in [4.78, 5) is 23.9. The molecule has 0 aliphatic carbocycles. The summed E-state index contributed by atoms with van der Waals surface area (Å²) in [5, 5.41) is 0. The van der Waals surface area contributed by atoms with Crippen molar-refractivity contribution in [3.8, 4) is 11.3 Å². The number of nitrogens with zero attached hydrogens (tertiary/aromatic N) is 2. The Bertz CT molecular complexity index is 1170. The van der Waals surface area contributed by atoms with Gasteiger partial charge in [-0.05, 0) is 63.3 Å². The highest BCUT2D eigenvalue weighted by Crippen LogP contribution is 2.34. The van der Waals surface area contributed by atoms with Gasteiger partial charge in [0.15, 0.2) is 0 Å². The van der Waals surface area contributed by atoms with Crippen molar-refractivity contribution < 1.29 is 9.53 Å². The SMILES string of the molecule is Cc1ccc(C2CN(C(=O)c3cc(-c4nc(C5CCOCC5)[nH]c4C)c(C)cc3C)C2)cc1. The average Bonchev–Trinajstić information content (AvgIpc) is 3.16. The van der Waals surface area contributed by atoms with Crippen molar-refractivity contribution in [2.24, 2.45) is 0 Å². The number of H-pyrrole nitrogens is 1. The van der Waals surface area contributed by atoms with Gasteiger partial charge in [-0.1, -0.05) is 35.9 Å². The number of aromatic amines is 1. The normalized spacial score (nSPS) is 17.3. The maximum Gasteiger partial charge on any atom is 0.254 e. The summed E-state index contributed by atoms with van der Waals surface area (Å²) in [6.45, 7) is 11.5. The standard InChI is InChI=1S/C28H33N3O2/c1-17-5-7-21(8-6-17)23-15-31(16-23)28(32)25-14-24(18(2)13-19(25)3)26-20(4)29-27(30-26)22-9-11-33-12-10-22/h5-8,13-14,22-23H,9-12,15-16H2,1-4H3,(H,29,30). The molecule has 0 unspecified atom stereocenters. The molecule has 33 heavy (non-hydrogen) atoms. The number of aryl methyl sites for hydroxylation is 4. The molecule has 0 spiro atoms. The lowest BCUT2D eigenvalue weighted by Gasteiger charge is -2.40. The summed E-state index contributed by atoms with van der Waals surface area (Å²) in [7, 11) is 0. The molecule has 2 aliphatic heterocycles. The molecule has 1 amide bonds. The first-order chi connectivity index (χ1) is 15.9. The molecule has 2 saturated heterocycles. The smallest absolute Gasteiger partial charge is 0.254 e. The fraction of sp³-hybridized carbons (Fsp3) is 0.429. The molecule has 0 atom stereocenters. The van der Waals surface area contributed by atoms with Gasteiger partial charge in [-0.15, -0.1) is 0 Å². The van der Waals surface area contributed by atoms with Gasteiger partial charge in [0.1, 0.15) is 5.82 Å². The Balaban J connectivity index is 1.37. The number of aromatic nitrogens is 2. The first kappa shape index (κ1) is 21.9. The number of imidazole rings is 1. The van der Waals surface area contributed by atoms with Gasteiger partial charge in [-0.25, -0.2) is 4.98 Å². The third-order valence-corrected chi connectivity index (χ3v) is 7.29. The Kier molecular flexibility index (Phi) is 5.83. The number of ether oxygens (including phenoxy) is 1. The Morgan fingerprint density at radius 1 is 0.970 bits per heavy atom. The van der Waals surface area contributed by atoms with Gasteiger partial charge in [0, 0.05) is 55.0 Å². The second-order valence-corrected chi connectivity index (χ2v) is 9.78. The molecular weight excluding hydrogens is 410 g/mol. The van der Waals surface area contributed by atoms with Crippen LogP contribution in [0.2, 0.25) is 0 Å². The first-order valence-corrected chi connectivity index (χ1v) is 12.0. The number of hydrogen-bond acceptors (Lipinski definition) is 3. The van der Waals surface area contributed by atoms with E-state index in [2.05, 4.69) is 62.2 Å². The zero-order chi connectivity index (χ0) is 23.1. The molecule has 2 fully saturated rings. The summed E-state index contributed by atoms with van der Waals surface area (Å²) in [5.41, 5.74) is 8.62. The number of amides is 1. The molecular formula is C28H33N3O2. The minimum Gasteiger partial charge on any atom is -0.381 e. The summed E-state index contributed by atoms with van der Waals surface area (Å²) in [6, 6.07) is 12.9. The number of carbonyl (C=O) groups excluding carboxylic acids is 1. The molecule has 3 aromatic rings. The van der Waals surface area contributed by atoms with E-state index in [1.54, 1.807) is 0 Å². The largest absolute Gasteiger partial charge is 0.381 e. The third kappa shape index (κ3) is 4.22. The van der Waals surface area contributed by atoms with Crippen molar-refractivity contribution >= 4 is 5.91 Å². The molecule has 5 heteroatoms. The van der Waals surface area contributed by atoms with Gasteiger partial charge in [0.05, 0.1) is 5.69 Å². The summed E-state index contributed by atoms with van der Waals surface area (Å²) >= 11 is 0. The van der Waals surface area contributed by atoms with Crippen molar-refractivity contribution in [2.75, 3.05) is 26.3 Å². The first-order valence-electron chi connectivity index (χ1n) is 12.0. The van der Waals surface area contributed by atoms with Crippen LogP contribution in [0.4, 0.5) is 0 Å². The quantitative estimate of drug-likeness (QED) is 0.584. The molecule has 5 rings (SSSR count). The highest BCUT2D eigenvalue weighted by molar-refractivity contribution is 5.97. The van der Waals surface area contributed by atoms with E-state index >= 15 is 0 Å². The van der Waals surface area contributed by atoms with Gasteiger partial charge in [0.25, 0.3) is 5.91 Å². The van der Waals surface area contributed by atoms with E-state index in [-0.39, 0.29) is 5.91 Å². The van der Waals surface area contributed by atoms with E-state index in [1.165, 1.54) is 11.1 Å². The topological polar surface area (TPSA) is 58.2 Å². The van der Waals surface area contributed by atoms with Crippen LogP contribution < -0.4 is 0 Å². The number of benzene rings is 2. The van der Waals surface area contributed by atoms with Crippen LogP contribution >= 0.6 is 0 Å². The van der Waals surface area contributed by atoms with E-state index in [1.807, 2.05) is 11.8 Å². The van der Waals surface area contributed by atoms with Crippen LogP contribution in [0.1, 0.15) is 68.8 Å². The van der Waals surface area contributed by atoms with Gasteiger partial charge in [0.2, 0.25) is 0 Å². The second kappa shape index (κ2) is 8.79. The van der Waals surface area contributed by atoms with Crippen molar-refractivity contribution in [1.82, 2.24) is 14.9 Å². The highest BCUT2D eigenvalue weighted by atomic mass is 16.5. The van der Waals surface area contributed by atoms with Crippen LogP contribution in [0.3, 0.4) is 0 Å². The number of rotatable bonds is 4. The molecule has 1 N–H and O–H groups in total. The lowest BCUT2D eigenvalue weighted by atomic mass is 9.89. The van der Waals surface area contributed by atoms with E-state index in [0.29, 0.717) is 11.8 Å². The zero-order valence-electron chi connectivity index (χ0n) is 20.1. The molecule has 0 bridgehead atoms. The Hall–Kier alpha value is -2.92. The summed E-state index contributed by atoms with van der Waals surface area (Å²) in [5.74, 6) is 2.01. The Morgan fingerprint density at radius 3 is 2.36 bits per heavy atom. The van der Waals surface area contributed by atoms with Crippen LogP contribution in [0, 0.1) is 27.7 Å². The molecule has 172 valence electrons. The Labute approximate surface area is 196 Å². The molecule has 2 aromatic carbocycles. The average molecular weight is 444 g/mol.